The van der Waals surface area contributed by atoms with E-state index >= 15 is 0 Å². The van der Waals surface area contributed by atoms with Crippen molar-refractivity contribution in [2.24, 2.45) is 0 Å². The van der Waals surface area contributed by atoms with Crippen molar-refractivity contribution >= 4 is 28.7 Å². The van der Waals surface area contributed by atoms with Crippen molar-refractivity contribution in [2.75, 3.05) is 12.3 Å². The summed E-state index contributed by atoms with van der Waals surface area (Å²) in [6.45, 7) is 4.73. The minimum absolute atomic E-state index is 0.0670. The molecule has 3 rings (SSSR count). The van der Waals surface area contributed by atoms with E-state index in [0.717, 1.165) is 5.75 Å². The first-order chi connectivity index (χ1) is 9.58. The number of benzene rings is 1. The van der Waals surface area contributed by atoms with Gasteiger partial charge in [0.2, 0.25) is 0 Å². The Morgan fingerprint density at radius 1 is 1.40 bits per heavy atom. The summed E-state index contributed by atoms with van der Waals surface area (Å²) in [7, 11) is 0. The van der Waals surface area contributed by atoms with Crippen molar-refractivity contribution < 1.29 is 9.18 Å². The number of aromatic amines is 1. The summed E-state index contributed by atoms with van der Waals surface area (Å²) in [6.07, 6.45) is 0. The van der Waals surface area contributed by atoms with Crippen LogP contribution in [-0.4, -0.2) is 49.8 Å². The lowest BCUT2D eigenvalue weighted by Crippen LogP contribution is -2.48. The van der Waals surface area contributed by atoms with Crippen LogP contribution in [0.2, 0.25) is 0 Å². The third-order valence-corrected chi connectivity index (χ3v) is 5.12. The van der Waals surface area contributed by atoms with E-state index in [1.54, 1.807) is 4.90 Å². The number of aromatic nitrogens is 3. The van der Waals surface area contributed by atoms with Gasteiger partial charge in [-0.1, -0.05) is 6.92 Å². The molecule has 0 spiro atoms. The van der Waals surface area contributed by atoms with Gasteiger partial charge in [0.25, 0.3) is 5.91 Å². The number of carbonyl (C=O) groups excluding carboxylic acids is 1. The van der Waals surface area contributed by atoms with Crippen LogP contribution >= 0.6 is 11.8 Å². The molecule has 2 aromatic rings. The van der Waals surface area contributed by atoms with Crippen molar-refractivity contribution in [3.63, 3.8) is 0 Å². The molecule has 1 aromatic heterocycles. The molecule has 0 radical (unpaired) electrons. The highest BCUT2D eigenvalue weighted by atomic mass is 32.2. The summed E-state index contributed by atoms with van der Waals surface area (Å²) in [5, 5.41) is 10.5. The van der Waals surface area contributed by atoms with Gasteiger partial charge in [-0.3, -0.25) is 4.79 Å². The monoisotopic (exact) mass is 294 g/mol. The van der Waals surface area contributed by atoms with E-state index in [0.29, 0.717) is 22.8 Å². The van der Waals surface area contributed by atoms with Crippen molar-refractivity contribution in [3.05, 3.63) is 23.5 Å². The normalized spacial score (nSPS) is 23.2. The Morgan fingerprint density at radius 2 is 2.10 bits per heavy atom. The number of nitrogens with zero attached hydrogens (tertiary/aromatic N) is 3. The maximum Gasteiger partial charge on any atom is 0.257 e. The molecule has 0 aliphatic carbocycles. The first-order valence-electron chi connectivity index (χ1n) is 6.50. The molecule has 1 aliphatic rings. The molecular weight excluding hydrogens is 279 g/mol. The number of halogens is 1. The van der Waals surface area contributed by atoms with Crippen LogP contribution < -0.4 is 0 Å². The molecule has 20 heavy (non-hydrogen) atoms. The summed E-state index contributed by atoms with van der Waals surface area (Å²) < 4.78 is 14.1. The Labute approximate surface area is 119 Å². The molecule has 1 aliphatic heterocycles. The van der Waals surface area contributed by atoms with E-state index in [4.69, 9.17) is 0 Å². The van der Waals surface area contributed by atoms with Gasteiger partial charge < -0.3 is 4.90 Å². The van der Waals surface area contributed by atoms with E-state index in [1.807, 2.05) is 18.7 Å². The molecule has 5 nitrogen and oxygen atoms in total. The smallest absolute Gasteiger partial charge is 0.257 e. The summed E-state index contributed by atoms with van der Waals surface area (Å²) in [4.78, 5) is 14.3. The van der Waals surface area contributed by atoms with Crippen molar-refractivity contribution in [3.8, 4) is 0 Å². The summed E-state index contributed by atoms with van der Waals surface area (Å²) in [5.41, 5.74) is 0.994. The van der Waals surface area contributed by atoms with Gasteiger partial charge in [-0.05, 0) is 13.0 Å². The van der Waals surface area contributed by atoms with Crippen LogP contribution in [0.1, 0.15) is 24.2 Å². The summed E-state index contributed by atoms with van der Waals surface area (Å²) in [5.74, 6) is 0.0620. The SMILES string of the molecule is C[C@@H]1[C@@H](C)SCCN1C(=O)c1cc2n[nH]nc2cc1F. The molecule has 1 N–H and O–H groups in total. The van der Waals surface area contributed by atoms with Gasteiger partial charge in [-0.2, -0.15) is 27.2 Å². The number of thioether (sulfide) groups is 1. The second kappa shape index (κ2) is 5.05. The third-order valence-electron chi connectivity index (χ3n) is 3.78. The molecule has 0 unspecified atom stereocenters. The fourth-order valence-corrected chi connectivity index (χ4v) is 3.50. The maximum atomic E-state index is 14.1. The molecule has 1 saturated heterocycles. The second-order valence-electron chi connectivity index (χ2n) is 4.96. The van der Waals surface area contributed by atoms with Crippen LogP contribution in [0.25, 0.3) is 11.0 Å². The minimum Gasteiger partial charge on any atom is -0.334 e. The standard InChI is InChI=1S/C13H15FN4OS/c1-7-8(2)20-4-3-18(7)13(19)9-5-11-12(6-10(9)14)16-17-15-11/h5-8H,3-4H2,1-2H3,(H,15,16,17)/t7-,8-/m1/s1. The Hall–Kier alpha value is -1.63. The fourth-order valence-electron chi connectivity index (χ4n) is 2.40. The van der Waals surface area contributed by atoms with Gasteiger partial charge in [0.15, 0.2) is 0 Å². The zero-order valence-corrected chi connectivity index (χ0v) is 12.1. The molecule has 106 valence electrons. The molecule has 1 fully saturated rings. The highest BCUT2D eigenvalue weighted by Gasteiger charge is 2.31. The van der Waals surface area contributed by atoms with Gasteiger partial charge in [0, 0.05) is 29.7 Å². The molecule has 1 aromatic carbocycles. The largest absolute Gasteiger partial charge is 0.334 e. The number of hydrogen-bond acceptors (Lipinski definition) is 4. The van der Waals surface area contributed by atoms with E-state index in [1.165, 1.54) is 12.1 Å². The predicted molar refractivity (Wildman–Crippen MR) is 76.3 cm³/mol. The van der Waals surface area contributed by atoms with E-state index < -0.39 is 5.82 Å². The number of H-pyrrole nitrogens is 1. The molecule has 2 atom stereocenters. The lowest BCUT2D eigenvalue weighted by atomic mass is 10.1. The van der Waals surface area contributed by atoms with Crippen molar-refractivity contribution in [2.45, 2.75) is 25.1 Å². The average molecular weight is 294 g/mol. The zero-order valence-electron chi connectivity index (χ0n) is 11.3. The molecule has 0 saturated carbocycles. The average Bonchev–Trinajstić information content (AvgIpc) is 2.87. The first kappa shape index (κ1) is 13.4. The number of carbonyl (C=O) groups is 1. The Kier molecular flexibility index (Phi) is 3.37. The lowest BCUT2D eigenvalue weighted by Gasteiger charge is -2.37. The van der Waals surface area contributed by atoms with Crippen LogP contribution in [0, 0.1) is 5.82 Å². The lowest BCUT2D eigenvalue weighted by molar-refractivity contribution is 0.0693. The topological polar surface area (TPSA) is 61.9 Å². The van der Waals surface area contributed by atoms with E-state index in [9.17, 15) is 9.18 Å². The van der Waals surface area contributed by atoms with Crippen LogP contribution in [-0.2, 0) is 0 Å². The summed E-state index contributed by atoms with van der Waals surface area (Å²) in [6, 6.07) is 2.81. The van der Waals surface area contributed by atoms with Crippen LogP contribution in [0.5, 0.6) is 0 Å². The number of hydrogen-bond donors (Lipinski definition) is 1. The predicted octanol–water partition coefficient (Wildman–Crippen LogP) is 2.06. The minimum atomic E-state index is -0.547. The van der Waals surface area contributed by atoms with Crippen LogP contribution in [0.3, 0.4) is 0 Å². The molecule has 1 amide bonds. The first-order valence-corrected chi connectivity index (χ1v) is 7.55. The zero-order chi connectivity index (χ0) is 14.3. The van der Waals surface area contributed by atoms with Crippen molar-refractivity contribution in [1.82, 2.24) is 20.3 Å². The quantitative estimate of drug-likeness (QED) is 0.874. The third kappa shape index (κ3) is 2.15. The van der Waals surface area contributed by atoms with Gasteiger partial charge in [-0.15, -0.1) is 0 Å². The van der Waals surface area contributed by atoms with Gasteiger partial charge in [-0.25, -0.2) is 4.39 Å². The number of fused-ring (bicyclic) bond motifs is 1. The van der Waals surface area contributed by atoms with Crippen LogP contribution in [0.15, 0.2) is 12.1 Å². The highest BCUT2D eigenvalue weighted by molar-refractivity contribution is 8.00. The van der Waals surface area contributed by atoms with Gasteiger partial charge >= 0.3 is 0 Å². The maximum absolute atomic E-state index is 14.1. The molecular formula is C13H15FN4OS. The fraction of sp³-hybridized carbons (Fsp3) is 0.462. The molecule has 0 bridgehead atoms. The van der Waals surface area contributed by atoms with Crippen molar-refractivity contribution in [1.29, 1.82) is 0 Å². The highest BCUT2D eigenvalue weighted by Crippen LogP contribution is 2.26. The Bertz CT molecular complexity index is 659. The number of nitrogens with one attached hydrogen (secondary N) is 1. The Balaban J connectivity index is 1.97. The molecule has 7 heteroatoms. The molecule has 2 heterocycles. The van der Waals surface area contributed by atoms with Gasteiger partial charge in [0.1, 0.15) is 16.9 Å². The van der Waals surface area contributed by atoms with E-state index in [2.05, 4.69) is 22.3 Å². The Morgan fingerprint density at radius 3 is 2.85 bits per heavy atom. The number of amides is 1. The summed E-state index contributed by atoms with van der Waals surface area (Å²) >= 11 is 1.84. The second-order valence-corrected chi connectivity index (χ2v) is 6.44. The van der Waals surface area contributed by atoms with Gasteiger partial charge in [0.05, 0.1) is 5.56 Å². The van der Waals surface area contributed by atoms with E-state index in [-0.39, 0.29) is 17.5 Å². The van der Waals surface area contributed by atoms with Crippen LogP contribution in [0.4, 0.5) is 4.39 Å². The number of rotatable bonds is 1.